The summed E-state index contributed by atoms with van der Waals surface area (Å²) in [5.41, 5.74) is 6.29. The predicted molar refractivity (Wildman–Crippen MR) is 230 cm³/mol. The molecule has 7 rings (SSSR count). The average molecular weight is 818 g/mol. The van der Waals surface area contributed by atoms with E-state index in [2.05, 4.69) is 178 Å². The molecule has 0 bridgehead atoms. The first-order valence-corrected chi connectivity index (χ1v) is 21.2. The smallest absolute Gasteiger partial charge is 0.119 e. The van der Waals surface area contributed by atoms with E-state index in [1.165, 1.54) is 44.7 Å². The van der Waals surface area contributed by atoms with Gasteiger partial charge in [0.1, 0.15) is 18.1 Å². The Bertz CT molecular complexity index is 1900. The minimum atomic E-state index is -0.783. The van der Waals surface area contributed by atoms with Gasteiger partial charge in [0.2, 0.25) is 0 Å². The van der Waals surface area contributed by atoms with Crippen LogP contribution in [0.4, 0.5) is 5.69 Å². The summed E-state index contributed by atoms with van der Waals surface area (Å²) in [6.45, 7) is 4.15. The normalized spacial score (nSPS) is 11.0. The molecule has 0 unspecified atom stereocenters. The van der Waals surface area contributed by atoms with Gasteiger partial charge >= 0.3 is 0 Å². The van der Waals surface area contributed by atoms with Crippen molar-refractivity contribution in [2.45, 2.75) is 13.8 Å². The van der Waals surface area contributed by atoms with Crippen LogP contribution < -0.4 is 26.0 Å². The van der Waals surface area contributed by atoms with Crippen LogP contribution in [-0.2, 0) is 19.5 Å². The molecular weight excluding hydrogens is 771 g/mol. The fourth-order valence-electron chi connectivity index (χ4n) is 6.15. The first-order valence-electron chi connectivity index (χ1n) is 17.8. The van der Waals surface area contributed by atoms with Gasteiger partial charge in [-0.25, -0.2) is 0 Å². The van der Waals surface area contributed by atoms with Crippen molar-refractivity contribution in [3.63, 3.8) is 0 Å². The molecule has 1 radical (unpaired) electrons. The Labute approximate surface area is 331 Å². The summed E-state index contributed by atoms with van der Waals surface area (Å²) in [6.07, 6.45) is 2.52. The van der Waals surface area contributed by atoms with Gasteiger partial charge in [0.05, 0.1) is 49.9 Å². The van der Waals surface area contributed by atoms with E-state index in [0.717, 1.165) is 28.3 Å². The zero-order chi connectivity index (χ0) is 36.0. The molecule has 0 fully saturated rings. The topological polar surface area (TPSA) is 21.6 Å². The number of methoxy groups -OCH3 is 1. The van der Waals surface area contributed by atoms with Crippen LogP contribution in [0.2, 0.25) is 0 Å². The second-order valence-electron chi connectivity index (χ2n) is 12.7. The molecule has 0 aromatic heterocycles. The van der Waals surface area contributed by atoms with Crippen molar-refractivity contribution >= 4 is 48.5 Å². The Hall–Kier alpha value is -4.51. The Balaban J connectivity index is 0.000000203. The van der Waals surface area contributed by atoms with E-state index in [1.54, 1.807) is 7.11 Å². The summed E-state index contributed by atoms with van der Waals surface area (Å²) in [6, 6.07) is 70.2. The largest absolute Gasteiger partial charge is 0.497 e. The standard InChI is InChI=1S/C26H24P2.C22H20NO.Rh/c1-5-13-23(14-6-1)27(24-15-7-2-8-16-24)21-22-28(25-17-9-3-10-18-25)26-19-11-4-12-20-26;1-16-4-8-18(9-5-16)22(19-10-6-17(2)7-11-19)23-20-12-14-21(24-3)15-13-20;/h1-20H,21-22H2;4-10,12-15H,1-3H3;/q;-1;/p+2. The maximum Gasteiger partial charge on any atom is 0.119 e. The summed E-state index contributed by atoms with van der Waals surface area (Å²) in [5.74, 6) is 0.827. The molecule has 7 aromatic rings. The average Bonchev–Trinajstić information content (AvgIpc) is 3.21. The second-order valence-corrected chi connectivity index (χ2v) is 17.9. The molecule has 0 amide bonds. The Morgan fingerprint density at radius 1 is 0.509 bits per heavy atom. The molecule has 0 saturated heterocycles. The van der Waals surface area contributed by atoms with Crippen LogP contribution in [0.1, 0.15) is 22.3 Å². The van der Waals surface area contributed by atoms with E-state index in [1.807, 2.05) is 30.3 Å². The molecule has 0 saturated carbocycles. The van der Waals surface area contributed by atoms with Gasteiger partial charge < -0.3 is 4.74 Å². The van der Waals surface area contributed by atoms with Crippen molar-refractivity contribution in [2.24, 2.45) is 4.99 Å². The predicted octanol–water partition coefficient (Wildman–Crippen LogP) is 10.00. The third-order valence-corrected chi connectivity index (χ3v) is 15.1. The van der Waals surface area contributed by atoms with E-state index in [4.69, 9.17) is 9.73 Å². The molecule has 267 valence electrons. The van der Waals surface area contributed by atoms with Crippen molar-refractivity contribution in [1.82, 2.24) is 0 Å². The van der Waals surface area contributed by atoms with Gasteiger partial charge in [0, 0.05) is 19.5 Å². The van der Waals surface area contributed by atoms with Crippen molar-refractivity contribution in [1.29, 1.82) is 0 Å². The van der Waals surface area contributed by atoms with Crippen LogP contribution in [0.25, 0.3) is 0 Å². The maximum atomic E-state index is 5.22. The van der Waals surface area contributed by atoms with Crippen LogP contribution in [0, 0.1) is 19.9 Å². The number of ether oxygens (including phenoxy) is 1. The third kappa shape index (κ3) is 11.5. The molecule has 0 N–H and O–H groups in total. The minimum Gasteiger partial charge on any atom is -0.497 e. The van der Waals surface area contributed by atoms with Gasteiger partial charge in [0.25, 0.3) is 0 Å². The molecule has 2 nitrogen and oxygen atoms in total. The van der Waals surface area contributed by atoms with E-state index >= 15 is 0 Å². The number of hydrogen-bond acceptors (Lipinski definition) is 2. The van der Waals surface area contributed by atoms with Crippen LogP contribution in [0.3, 0.4) is 0 Å². The first-order chi connectivity index (χ1) is 25.6. The van der Waals surface area contributed by atoms with Crippen molar-refractivity contribution in [2.75, 3.05) is 19.4 Å². The summed E-state index contributed by atoms with van der Waals surface area (Å²) in [5, 5.41) is 6.06. The van der Waals surface area contributed by atoms with Gasteiger partial charge in [-0.05, 0) is 91.0 Å². The third-order valence-electron chi connectivity index (χ3n) is 8.98. The first kappa shape index (κ1) is 39.7. The Morgan fingerprint density at radius 3 is 1.30 bits per heavy atom. The molecule has 7 aromatic carbocycles. The second kappa shape index (κ2) is 20.7. The number of rotatable bonds is 11. The maximum absolute atomic E-state index is 5.22. The summed E-state index contributed by atoms with van der Waals surface area (Å²) >= 11 is 0. The van der Waals surface area contributed by atoms with Crippen LogP contribution in [0.15, 0.2) is 193 Å². The molecular formula is C48H46NOP2Rh+. The van der Waals surface area contributed by atoms with E-state index < -0.39 is 15.8 Å². The number of aryl methyl sites for hydroxylation is 2. The number of nitrogens with zero attached hydrogens (tertiary/aromatic N) is 1. The quantitative estimate of drug-likeness (QED) is 0.0552. The Kier molecular flexibility index (Phi) is 15.5. The summed E-state index contributed by atoms with van der Waals surface area (Å²) in [7, 11) is 0.0971. The molecule has 0 aliphatic carbocycles. The molecule has 53 heavy (non-hydrogen) atoms. The van der Waals surface area contributed by atoms with Gasteiger partial charge in [-0.1, -0.05) is 110 Å². The zero-order valence-corrected chi connectivity index (χ0v) is 34.1. The summed E-state index contributed by atoms with van der Waals surface area (Å²) in [4.78, 5) is 4.86. The Morgan fingerprint density at radius 2 is 0.925 bits per heavy atom. The zero-order valence-electron chi connectivity index (χ0n) is 30.5. The van der Waals surface area contributed by atoms with Crippen molar-refractivity contribution in [3.05, 3.63) is 216 Å². The van der Waals surface area contributed by atoms with Crippen LogP contribution in [-0.4, -0.2) is 25.1 Å². The molecule has 0 aliphatic heterocycles. The fraction of sp³-hybridized carbons (Fsp3) is 0.104. The number of hydrogen-bond donors (Lipinski definition) is 0. The molecule has 5 heteroatoms. The molecule has 0 aliphatic rings. The monoisotopic (exact) mass is 817 g/mol. The van der Waals surface area contributed by atoms with Crippen molar-refractivity contribution < 1.29 is 24.2 Å². The number of aliphatic imine (C=N–C) groups is 1. The number of benzene rings is 7. The molecule has 0 spiro atoms. The van der Waals surface area contributed by atoms with Crippen LogP contribution in [0.5, 0.6) is 5.75 Å². The van der Waals surface area contributed by atoms with Crippen LogP contribution >= 0.6 is 15.8 Å². The molecule has 0 heterocycles. The fourth-order valence-corrected chi connectivity index (χ4v) is 12.3. The summed E-state index contributed by atoms with van der Waals surface area (Å²) < 4.78 is 5.22. The van der Waals surface area contributed by atoms with Gasteiger partial charge in [-0.2, -0.15) is 0 Å². The van der Waals surface area contributed by atoms with Gasteiger partial charge in [0.15, 0.2) is 0 Å². The van der Waals surface area contributed by atoms with Crippen molar-refractivity contribution in [3.8, 4) is 5.75 Å². The van der Waals surface area contributed by atoms with E-state index in [0.29, 0.717) is 0 Å². The van der Waals surface area contributed by atoms with E-state index in [9.17, 15) is 0 Å². The minimum absolute atomic E-state index is 0. The SMILES string of the molecule is COc1ccc(N=C(c2[c-]cc(C)cc2)c2ccc(C)cc2)cc1.[Rh].c1ccc([PH+](CC[PH+](c2ccccc2)c2ccccc2)c2ccccc2)cc1. The van der Waals surface area contributed by atoms with Gasteiger partial charge in [-0.3, -0.25) is 4.99 Å². The molecule has 0 atom stereocenters. The van der Waals surface area contributed by atoms with Gasteiger partial charge in [-0.15, -0.1) is 35.4 Å². The van der Waals surface area contributed by atoms with E-state index in [-0.39, 0.29) is 19.5 Å².